The van der Waals surface area contributed by atoms with Gasteiger partial charge in [0.2, 0.25) is 0 Å². The van der Waals surface area contributed by atoms with Crippen LogP contribution in [0.25, 0.3) is 6.08 Å². The molecular formula is C18H25F. The number of hydrogen-bond donors (Lipinski definition) is 0. The van der Waals surface area contributed by atoms with E-state index in [0.29, 0.717) is 6.33 Å². The summed E-state index contributed by atoms with van der Waals surface area (Å²) in [5.41, 5.74) is 2.32. The molecule has 0 spiro atoms. The minimum Gasteiger partial charge on any atom is -0.216 e. The molecule has 0 aromatic heterocycles. The molecule has 0 N–H and O–H groups in total. The molecule has 1 heteroatoms. The van der Waals surface area contributed by atoms with Crippen molar-refractivity contribution < 1.29 is 4.39 Å². The first-order valence-corrected chi connectivity index (χ1v) is 7.67. The predicted octanol–water partition coefficient (Wildman–Crippen LogP) is 5.78. The van der Waals surface area contributed by atoms with Crippen molar-refractivity contribution in [1.82, 2.24) is 0 Å². The molecule has 0 nitrogen and oxygen atoms in total. The van der Waals surface area contributed by atoms with Gasteiger partial charge >= 0.3 is 0 Å². The minimum absolute atomic E-state index is 0.598. The van der Waals surface area contributed by atoms with E-state index in [1.165, 1.54) is 56.6 Å². The molecular weight excluding hydrogens is 235 g/mol. The first kappa shape index (κ1) is 14.3. The normalized spacial score (nSPS) is 23.9. The number of rotatable bonds is 5. The third-order valence-corrected chi connectivity index (χ3v) is 4.62. The van der Waals surface area contributed by atoms with Crippen LogP contribution >= 0.6 is 0 Å². The third kappa shape index (κ3) is 4.49. The Morgan fingerprint density at radius 3 is 2.26 bits per heavy atom. The first-order chi connectivity index (χ1) is 9.31. The Balaban J connectivity index is 1.76. The molecule has 0 amide bonds. The van der Waals surface area contributed by atoms with Gasteiger partial charge in [0.15, 0.2) is 0 Å². The number of aryl methyl sites for hydroxylation is 1. The Morgan fingerprint density at radius 1 is 1.05 bits per heavy atom. The average molecular weight is 260 g/mol. The van der Waals surface area contributed by atoms with E-state index in [1.807, 2.05) is 12.1 Å². The summed E-state index contributed by atoms with van der Waals surface area (Å²) in [6.45, 7) is 2.32. The highest BCUT2D eigenvalue weighted by Gasteiger charge is 2.19. The summed E-state index contributed by atoms with van der Waals surface area (Å²) in [4.78, 5) is 0. The van der Waals surface area contributed by atoms with E-state index in [4.69, 9.17) is 0 Å². The van der Waals surface area contributed by atoms with Crippen molar-refractivity contribution in [3.05, 3.63) is 41.7 Å². The Morgan fingerprint density at radius 2 is 1.68 bits per heavy atom. The van der Waals surface area contributed by atoms with E-state index >= 15 is 0 Å². The quantitative estimate of drug-likeness (QED) is 0.630. The molecule has 0 unspecified atom stereocenters. The summed E-state index contributed by atoms with van der Waals surface area (Å²) >= 11 is 0. The van der Waals surface area contributed by atoms with Gasteiger partial charge in [-0.05, 0) is 41.9 Å². The molecule has 1 aliphatic rings. The second kappa shape index (κ2) is 7.47. The van der Waals surface area contributed by atoms with Crippen LogP contribution < -0.4 is 0 Å². The van der Waals surface area contributed by atoms with Crippen LogP contribution in [-0.2, 0) is 6.42 Å². The van der Waals surface area contributed by atoms with Crippen LogP contribution in [0, 0.1) is 11.8 Å². The van der Waals surface area contributed by atoms with Crippen LogP contribution in [-0.4, -0.2) is 0 Å². The van der Waals surface area contributed by atoms with Gasteiger partial charge in [-0.2, -0.15) is 0 Å². The van der Waals surface area contributed by atoms with Crippen molar-refractivity contribution in [3.63, 3.8) is 0 Å². The highest BCUT2D eigenvalue weighted by atomic mass is 19.1. The van der Waals surface area contributed by atoms with E-state index in [9.17, 15) is 4.39 Å². The van der Waals surface area contributed by atoms with Gasteiger partial charge in [-0.15, -0.1) is 0 Å². The summed E-state index contributed by atoms with van der Waals surface area (Å²) in [5.74, 6) is 1.91. The summed E-state index contributed by atoms with van der Waals surface area (Å²) in [6, 6.07) is 8.26. The van der Waals surface area contributed by atoms with Gasteiger partial charge in [-0.3, -0.25) is 0 Å². The van der Waals surface area contributed by atoms with Crippen LogP contribution in [0.15, 0.2) is 30.6 Å². The minimum atomic E-state index is 0.598. The van der Waals surface area contributed by atoms with E-state index < -0.39 is 0 Å². The SMILES string of the molecule is CC[C@H]1CC[C@H](CCc2ccc(C=CF)cc2)CC1. The zero-order chi connectivity index (χ0) is 13.5. The predicted molar refractivity (Wildman–Crippen MR) is 80.6 cm³/mol. The summed E-state index contributed by atoms with van der Waals surface area (Å²) in [6.07, 6.45) is 11.6. The lowest BCUT2D eigenvalue weighted by atomic mass is 9.78. The lowest BCUT2D eigenvalue weighted by molar-refractivity contribution is 0.259. The van der Waals surface area contributed by atoms with E-state index in [-0.39, 0.29) is 0 Å². The van der Waals surface area contributed by atoms with Crippen molar-refractivity contribution in [2.24, 2.45) is 11.8 Å². The zero-order valence-electron chi connectivity index (χ0n) is 11.9. The van der Waals surface area contributed by atoms with Crippen molar-refractivity contribution in [1.29, 1.82) is 0 Å². The lowest BCUT2D eigenvalue weighted by Gasteiger charge is -2.27. The van der Waals surface area contributed by atoms with Crippen LogP contribution in [0.4, 0.5) is 4.39 Å². The fourth-order valence-electron chi connectivity index (χ4n) is 3.17. The van der Waals surface area contributed by atoms with Crippen LogP contribution in [0.3, 0.4) is 0 Å². The molecule has 0 saturated heterocycles. The summed E-state index contributed by atoms with van der Waals surface area (Å²) in [5, 5.41) is 0. The summed E-state index contributed by atoms with van der Waals surface area (Å²) in [7, 11) is 0. The molecule has 1 fully saturated rings. The van der Waals surface area contributed by atoms with Crippen molar-refractivity contribution in [3.8, 4) is 0 Å². The van der Waals surface area contributed by atoms with Crippen molar-refractivity contribution in [2.45, 2.75) is 51.9 Å². The molecule has 2 rings (SSSR count). The topological polar surface area (TPSA) is 0 Å². The molecule has 0 aliphatic heterocycles. The van der Waals surface area contributed by atoms with E-state index in [0.717, 1.165) is 17.4 Å². The van der Waals surface area contributed by atoms with Crippen LogP contribution in [0.5, 0.6) is 0 Å². The third-order valence-electron chi connectivity index (χ3n) is 4.62. The van der Waals surface area contributed by atoms with Crippen molar-refractivity contribution in [2.75, 3.05) is 0 Å². The average Bonchev–Trinajstić information content (AvgIpc) is 2.47. The second-order valence-electron chi connectivity index (χ2n) is 5.87. The molecule has 0 bridgehead atoms. The molecule has 1 aliphatic carbocycles. The van der Waals surface area contributed by atoms with Gasteiger partial charge in [-0.1, -0.05) is 63.3 Å². The van der Waals surface area contributed by atoms with E-state index in [2.05, 4.69) is 19.1 Å². The van der Waals surface area contributed by atoms with Crippen LogP contribution in [0.2, 0.25) is 0 Å². The molecule has 0 radical (unpaired) electrons. The van der Waals surface area contributed by atoms with Crippen molar-refractivity contribution >= 4 is 6.08 Å². The van der Waals surface area contributed by atoms with Gasteiger partial charge in [0.1, 0.15) is 0 Å². The standard InChI is InChI=1S/C18H25F/c1-2-15-3-5-16(6-4-15)7-8-17-9-11-18(12-10-17)13-14-19/h9-16H,2-8H2,1H3/t15-,16-. The molecule has 0 atom stereocenters. The maximum atomic E-state index is 12.1. The molecule has 1 aromatic carbocycles. The fourth-order valence-corrected chi connectivity index (χ4v) is 3.17. The molecule has 19 heavy (non-hydrogen) atoms. The van der Waals surface area contributed by atoms with Gasteiger partial charge in [0, 0.05) is 0 Å². The fraction of sp³-hybridized carbons (Fsp3) is 0.556. The molecule has 104 valence electrons. The zero-order valence-corrected chi connectivity index (χ0v) is 11.9. The Labute approximate surface area is 116 Å². The Kier molecular flexibility index (Phi) is 5.62. The first-order valence-electron chi connectivity index (χ1n) is 7.67. The summed E-state index contributed by atoms with van der Waals surface area (Å²) < 4.78 is 12.1. The maximum Gasteiger partial charge on any atom is 0.0872 e. The van der Waals surface area contributed by atoms with Gasteiger partial charge in [0.25, 0.3) is 0 Å². The smallest absolute Gasteiger partial charge is 0.0872 e. The molecule has 1 saturated carbocycles. The number of benzene rings is 1. The largest absolute Gasteiger partial charge is 0.216 e. The van der Waals surface area contributed by atoms with Crippen LogP contribution in [0.1, 0.15) is 56.6 Å². The van der Waals surface area contributed by atoms with Gasteiger partial charge in [-0.25, -0.2) is 4.39 Å². The highest BCUT2D eigenvalue weighted by Crippen LogP contribution is 2.33. The maximum absolute atomic E-state index is 12.1. The van der Waals surface area contributed by atoms with Gasteiger partial charge in [0.05, 0.1) is 6.33 Å². The Bertz CT molecular complexity index is 383. The molecule has 0 heterocycles. The molecule has 1 aromatic rings. The van der Waals surface area contributed by atoms with Gasteiger partial charge < -0.3 is 0 Å². The van der Waals surface area contributed by atoms with E-state index in [1.54, 1.807) is 0 Å². The second-order valence-corrected chi connectivity index (χ2v) is 5.87. The highest BCUT2D eigenvalue weighted by molar-refractivity contribution is 5.48. The Hall–Kier alpha value is -1.11. The lowest BCUT2D eigenvalue weighted by Crippen LogP contribution is -2.14. The number of halogens is 1. The monoisotopic (exact) mass is 260 g/mol. The number of hydrogen-bond acceptors (Lipinski definition) is 0.